The second kappa shape index (κ2) is 11.5. The van der Waals surface area contributed by atoms with Gasteiger partial charge in [-0.15, -0.1) is 11.8 Å². The summed E-state index contributed by atoms with van der Waals surface area (Å²) in [4.78, 5) is 56.7. The smallest absolute Gasteiger partial charge is 0.418 e. The van der Waals surface area contributed by atoms with Gasteiger partial charge < -0.3 is 19.2 Å². The average molecular weight is 675 g/mol. The van der Waals surface area contributed by atoms with Gasteiger partial charge in [-0.1, -0.05) is 29.5 Å². The minimum absolute atomic E-state index is 0.154. The van der Waals surface area contributed by atoms with Crippen molar-refractivity contribution >= 4 is 46.6 Å². The van der Waals surface area contributed by atoms with E-state index in [1.165, 1.54) is 30.0 Å². The van der Waals surface area contributed by atoms with Crippen LogP contribution in [0.2, 0.25) is 0 Å². The summed E-state index contributed by atoms with van der Waals surface area (Å²) in [5.41, 5.74) is -0.657. The number of esters is 1. The van der Waals surface area contributed by atoms with Gasteiger partial charge in [-0.3, -0.25) is 14.4 Å². The number of ether oxygens (including phenoxy) is 3. The van der Waals surface area contributed by atoms with Gasteiger partial charge in [0.25, 0.3) is 0 Å². The number of nitrogens with zero attached hydrogens (tertiary/aromatic N) is 1. The fourth-order valence-corrected chi connectivity index (χ4v) is 10.9. The molecule has 3 fully saturated rings. The molecule has 9 nitrogen and oxygen atoms in total. The van der Waals surface area contributed by atoms with Crippen molar-refractivity contribution in [2.45, 2.75) is 42.6 Å². The minimum atomic E-state index is -4.74. The lowest BCUT2D eigenvalue weighted by molar-refractivity contribution is -0.145. The number of imide groups is 1. The Kier molecular flexibility index (Phi) is 7.70. The SMILES string of the molecule is CCOC(=O)COc1ccc([C@@H]2c3sc(=O)[nH]c3S[C@@H]3[C@@H]4C[C@@H]([C@@H]5C(=O)N(c6ccccc6C(F)(F)F)C(=O)[C@@H]45)[C@H]23)cc1OCC. The minimum Gasteiger partial charge on any atom is -0.490 e. The largest absolute Gasteiger partial charge is 0.490 e. The number of aromatic amines is 1. The van der Waals surface area contributed by atoms with Gasteiger partial charge in [-0.05, 0) is 67.9 Å². The zero-order valence-corrected chi connectivity index (χ0v) is 26.3. The second-order valence-corrected chi connectivity index (χ2v) is 13.9. The van der Waals surface area contributed by atoms with Gasteiger partial charge in [0.15, 0.2) is 18.1 Å². The number of nitrogens with one attached hydrogen (secondary N) is 1. The van der Waals surface area contributed by atoms with E-state index in [0.717, 1.165) is 32.7 Å². The van der Waals surface area contributed by atoms with Crippen molar-refractivity contribution in [3.63, 3.8) is 0 Å². The number of para-hydroxylation sites is 1. The Hall–Kier alpha value is -3.78. The molecule has 242 valence electrons. The molecule has 46 heavy (non-hydrogen) atoms. The number of alkyl halides is 3. The zero-order valence-electron chi connectivity index (χ0n) is 24.7. The number of carbonyl (C=O) groups is 3. The molecule has 14 heteroatoms. The van der Waals surface area contributed by atoms with Gasteiger partial charge in [-0.2, -0.15) is 13.2 Å². The number of hydrogen-bond acceptors (Lipinski definition) is 9. The molecule has 0 spiro atoms. The van der Waals surface area contributed by atoms with Crippen molar-refractivity contribution in [1.29, 1.82) is 0 Å². The number of thiazole rings is 1. The molecule has 1 aromatic heterocycles. The number of aromatic nitrogens is 1. The van der Waals surface area contributed by atoms with Crippen molar-refractivity contribution in [3.05, 3.63) is 68.1 Å². The third kappa shape index (κ3) is 4.83. The normalized spacial score (nSPS) is 27.8. The van der Waals surface area contributed by atoms with Crippen LogP contribution in [0.15, 0.2) is 52.3 Å². The Bertz CT molecular complexity index is 1790. The monoisotopic (exact) mass is 674 g/mol. The molecule has 1 saturated heterocycles. The third-order valence-electron chi connectivity index (χ3n) is 9.45. The summed E-state index contributed by atoms with van der Waals surface area (Å²) < 4.78 is 58.4. The van der Waals surface area contributed by atoms with E-state index in [4.69, 9.17) is 14.2 Å². The Morgan fingerprint density at radius 3 is 2.43 bits per heavy atom. The van der Waals surface area contributed by atoms with E-state index in [-0.39, 0.29) is 47.0 Å². The molecule has 2 amide bonds. The Morgan fingerprint density at radius 2 is 1.72 bits per heavy atom. The van der Waals surface area contributed by atoms with Crippen LogP contribution < -0.4 is 19.2 Å². The van der Waals surface area contributed by atoms with E-state index in [2.05, 4.69) is 4.98 Å². The lowest BCUT2D eigenvalue weighted by atomic mass is 9.68. The maximum Gasteiger partial charge on any atom is 0.418 e. The van der Waals surface area contributed by atoms with Gasteiger partial charge in [0, 0.05) is 16.0 Å². The number of benzene rings is 2. The first-order valence-electron chi connectivity index (χ1n) is 15.0. The number of carbonyl (C=O) groups excluding carboxylic acids is 3. The molecule has 0 radical (unpaired) electrons. The predicted octanol–water partition coefficient (Wildman–Crippen LogP) is 5.47. The fraction of sp³-hybridized carbons (Fsp3) is 0.438. The lowest BCUT2D eigenvalue weighted by Gasteiger charge is -2.43. The van der Waals surface area contributed by atoms with Crippen LogP contribution in [0.25, 0.3) is 0 Å². The van der Waals surface area contributed by atoms with Gasteiger partial charge >= 0.3 is 17.0 Å². The number of rotatable bonds is 8. The maximum atomic E-state index is 14.0. The summed E-state index contributed by atoms with van der Waals surface area (Å²) in [5, 5.41) is 0.542. The number of fused-ring (bicyclic) bond motifs is 9. The average Bonchev–Trinajstić information content (AvgIpc) is 3.75. The van der Waals surface area contributed by atoms with E-state index in [0.29, 0.717) is 29.6 Å². The molecule has 7 rings (SSSR count). The summed E-state index contributed by atoms with van der Waals surface area (Å²) in [6, 6.07) is 10.0. The highest BCUT2D eigenvalue weighted by Gasteiger charge is 2.70. The van der Waals surface area contributed by atoms with Crippen LogP contribution >= 0.6 is 23.1 Å². The molecule has 4 aliphatic rings. The molecule has 2 bridgehead atoms. The predicted molar refractivity (Wildman–Crippen MR) is 162 cm³/mol. The van der Waals surface area contributed by atoms with Crippen molar-refractivity contribution < 1.29 is 41.8 Å². The molecule has 3 aromatic rings. The van der Waals surface area contributed by atoms with E-state index >= 15 is 0 Å². The van der Waals surface area contributed by atoms with Crippen LogP contribution in [0.5, 0.6) is 11.5 Å². The van der Waals surface area contributed by atoms with Crippen LogP contribution in [0, 0.1) is 29.6 Å². The molecule has 1 N–H and O–H groups in total. The van der Waals surface area contributed by atoms with Crippen LogP contribution in [0.1, 0.15) is 42.2 Å². The Balaban J connectivity index is 1.27. The van der Waals surface area contributed by atoms with Gasteiger partial charge in [0.05, 0.1) is 41.3 Å². The summed E-state index contributed by atoms with van der Waals surface area (Å²) in [5.74, 6) is -3.57. The summed E-state index contributed by atoms with van der Waals surface area (Å²) in [7, 11) is 0. The van der Waals surface area contributed by atoms with Gasteiger partial charge in [0.2, 0.25) is 11.8 Å². The van der Waals surface area contributed by atoms with Crippen molar-refractivity contribution in [2.24, 2.45) is 29.6 Å². The highest BCUT2D eigenvalue weighted by molar-refractivity contribution is 8.00. The Labute approximate surface area is 269 Å². The van der Waals surface area contributed by atoms with Crippen LogP contribution in [-0.2, 0) is 25.3 Å². The lowest BCUT2D eigenvalue weighted by Crippen LogP contribution is -2.42. The van der Waals surface area contributed by atoms with Gasteiger partial charge in [-0.25, -0.2) is 9.69 Å². The van der Waals surface area contributed by atoms with E-state index < -0.39 is 47.0 Å². The molecule has 0 unspecified atom stereocenters. The quantitative estimate of drug-likeness (QED) is 0.247. The zero-order chi connectivity index (χ0) is 32.5. The summed E-state index contributed by atoms with van der Waals surface area (Å²) in [6.07, 6.45) is -4.16. The molecule has 2 saturated carbocycles. The molecule has 7 atom stereocenters. The van der Waals surface area contributed by atoms with Gasteiger partial charge in [0.1, 0.15) is 0 Å². The number of thioether (sulfide) groups is 1. The third-order valence-corrected chi connectivity index (χ3v) is 12.0. The molecule has 2 aliphatic heterocycles. The molecule has 2 aromatic carbocycles. The summed E-state index contributed by atoms with van der Waals surface area (Å²) >= 11 is 2.57. The molecular formula is C32H29F3N2O7S2. The van der Waals surface area contributed by atoms with E-state index in [1.807, 2.05) is 19.1 Å². The van der Waals surface area contributed by atoms with Crippen molar-refractivity contribution in [2.75, 3.05) is 24.7 Å². The van der Waals surface area contributed by atoms with Crippen molar-refractivity contribution in [3.8, 4) is 11.5 Å². The molecule has 2 aliphatic carbocycles. The van der Waals surface area contributed by atoms with Crippen LogP contribution in [-0.4, -0.2) is 47.8 Å². The number of hydrogen-bond donors (Lipinski definition) is 1. The standard InChI is InChI=1S/C32H29F3N2O7S2/c1-3-42-20-11-14(9-10-19(20)44-13-21(38)43-4-2)22-23-15-12-16(26(23)45-28-27(22)46-31(41)36-28)25-24(15)29(39)37(30(25)40)18-8-6-5-7-17(18)32(33,34)35/h5-11,15-16,22-26H,3-4,12-13H2,1-2H3,(H,36,41)/t15-,16-,22+,23-,24+,25+,26-/m1/s1. The topological polar surface area (TPSA) is 115 Å². The number of halogens is 3. The summed E-state index contributed by atoms with van der Waals surface area (Å²) in [6.45, 7) is 3.73. The highest BCUT2D eigenvalue weighted by atomic mass is 32.2. The first-order valence-corrected chi connectivity index (χ1v) is 16.7. The highest BCUT2D eigenvalue weighted by Crippen LogP contribution is 2.69. The maximum absolute atomic E-state index is 14.0. The number of H-pyrrole nitrogens is 1. The van der Waals surface area contributed by atoms with Crippen molar-refractivity contribution in [1.82, 2.24) is 4.98 Å². The van der Waals surface area contributed by atoms with Crippen LogP contribution in [0.4, 0.5) is 18.9 Å². The number of amides is 2. The van der Waals surface area contributed by atoms with E-state index in [9.17, 15) is 32.3 Å². The van der Waals surface area contributed by atoms with E-state index in [1.54, 1.807) is 13.0 Å². The fourth-order valence-electron chi connectivity index (χ4n) is 7.98. The molecular weight excluding hydrogens is 645 g/mol. The first-order chi connectivity index (χ1) is 22.0. The second-order valence-electron chi connectivity index (χ2n) is 11.7. The first kappa shape index (κ1) is 30.9. The Morgan fingerprint density at radius 1 is 0.978 bits per heavy atom. The van der Waals surface area contributed by atoms with Crippen LogP contribution in [0.3, 0.4) is 0 Å². The number of anilines is 1. The molecule has 3 heterocycles.